The van der Waals surface area contributed by atoms with Crippen LogP contribution in [0, 0.1) is 0 Å². The van der Waals surface area contributed by atoms with E-state index in [0.717, 1.165) is 11.2 Å². The second kappa shape index (κ2) is 8.12. The Kier molecular flexibility index (Phi) is 5.05. The fourth-order valence-corrected chi connectivity index (χ4v) is 5.73. The number of anilines is 1. The van der Waals surface area contributed by atoms with Crippen LogP contribution in [0.15, 0.2) is 78.9 Å². The monoisotopic (exact) mass is 469 g/mol. The van der Waals surface area contributed by atoms with Crippen LogP contribution in [0.3, 0.4) is 0 Å². The molecule has 5 nitrogen and oxygen atoms in total. The van der Waals surface area contributed by atoms with Crippen molar-refractivity contribution in [2.75, 3.05) is 11.4 Å². The van der Waals surface area contributed by atoms with Crippen LogP contribution in [-0.2, 0) is 9.59 Å². The van der Waals surface area contributed by atoms with E-state index in [2.05, 4.69) is 59.3 Å². The molecule has 1 N–H and O–H groups in total. The molecular formula is C28H24ClN3O2. The number of benzene rings is 3. The number of carbonyl (C=O) groups is 2. The lowest BCUT2D eigenvalue weighted by Crippen LogP contribution is -2.47. The lowest BCUT2D eigenvalue weighted by atomic mass is 9.83. The number of hydrogen-bond donors (Lipinski definition) is 1. The molecule has 3 atom stereocenters. The molecule has 0 radical (unpaired) electrons. The van der Waals surface area contributed by atoms with Crippen LogP contribution in [0.5, 0.6) is 0 Å². The average molecular weight is 470 g/mol. The van der Waals surface area contributed by atoms with Gasteiger partial charge in [-0.1, -0.05) is 60.1 Å². The van der Waals surface area contributed by atoms with Gasteiger partial charge in [0.1, 0.15) is 0 Å². The standard InChI is InChI=1S/C28H24ClN3O2/c1-17-27-26(21-9-5-6-10-23(21)30-27)22(18-7-3-2-4-8-18)16-31(17)24-15-25(33)32(28(24)34)20-13-11-19(29)12-14-20/h2-14,17,22,24,30H,15-16H2,1H3. The minimum Gasteiger partial charge on any atom is -0.357 e. The third-order valence-electron chi connectivity index (χ3n) is 7.24. The van der Waals surface area contributed by atoms with E-state index < -0.39 is 6.04 Å². The molecule has 2 aliphatic heterocycles. The molecule has 6 heteroatoms. The van der Waals surface area contributed by atoms with Crippen molar-refractivity contribution in [2.45, 2.75) is 31.3 Å². The summed E-state index contributed by atoms with van der Waals surface area (Å²) in [6, 6.07) is 25.1. The molecule has 0 aliphatic carbocycles. The number of nitrogens with one attached hydrogen (secondary N) is 1. The number of para-hydroxylation sites is 1. The zero-order valence-electron chi connectivity index (χ0n) is 18.7. The van der Waals surface area contributed by atoms with Gasteiger partial charge in [0, 0.05) is 40.1 Å². The van der Waals surface area contributed by atoms with Gasteiger partial charge in [0.15, 0.2) is 0 Å². The van der Waals surface area contributed by atoms with E-state index in [1.165, 1.54) is 21.4 Å². The van der Waals surface area contributed by atoms with E-state index in [9.17, 15) is 9.59 Å². The lowest BCUT2D eigenvalue weighted by molar-refractivity contribution is -0.123. The summed E-state index contributed by atoms with van der Waals surface area (Å²) in [6.07, 6.45) is 0.170. The molecule has 6 rings (SSSR count). The summed E-state index contributed by atoms with van der Waals surface area (Å²) in [5.74, 6) is -0.259. The number of aromatic amines is 1. The molecule has 2 amide bonds. The molecule has 1 saturated heterocycles. The quantitative estimate of drug-likeness (QED) is 0.394. The molecule has 2 aliphatic rings. The fraction of sp³-hybridized carbons (Fsp3) is 0.214. The van der Waals surface area contributed by atoms with Crippen LogP contribution in [0.1, 0.15) is 42.1 Å². The van der Waals surface area contributed by atoms with Crippen LogP contribution < -0.4 is 4.90 Å². The average Bonchev–Trinajstić information content (AvgIpc) is 3.38. The van der Waals surface area contributed by atoms with Crippen LogP contribution in [-0.4, -0.2) is 34.3 Å². The molecule has 3 aromatic carbocycles. The molecule has 0 spiro atoms. The van der Waals surface area contributed by atoms with E-state index in [0.29, 0.717) is 17.3 Å². The highest BCUT2D eigenvalue weighted by Gasteiger charge is 2.47. The Bertz CT molecular complexity index is 1400. The highest BCUT2D eigenvalue weighted by Crippen LogP contribution is 2.45. The van der Waals surface area contributed by atoms with Gasteiger partial charge in [0.05, 0.1) is 18.2 Å². The van der Waals surface area contributed by atoms with Crippen molar-refractivity contribution >= 4 is 40.0 Å². The molecule has 1 aromatic heterocycles. The lowest BCUT2D eigenvalue weighted by Gasteiger charge is -2.40. The van der Waals surface area contributed by atoms with Gasteiger partial charge in [-0.2, -0.15) is 0 Å². The van der Waals surface area contributed by atoms with Gasteiger partial charge in [0.25, 0.3) is 5.91 Å². The molecule has 4 aromatic rings. The van der Waals surface area contributed by atoms with Gasteiger partial charge in [-0.15, -0.1) is 0 Å². The zero-order chi connectivity index (χ0) is 23.4. The van der Waals surface area contributed by atoms with Gasteiger partial charge in [0.2, 0.25) is 5.91 Å². The van der Waals surface area contributed by atoms with Crippen LogP contribution in [0.25, 0.3) is 10.9 Å². The maximum absolute atomic E-state index is 13.6. The molecule has 0 saturated carbocycles. The normalized spacial score (nSPS) is 23.0. The summed E-state index contributed by atoms with van der Waals surface area (Å²) in [5.41, 5.74) is 5.27. The van der Waals surface area contributed by atoms with Gasteiger partial charge < -0.3 is 4.98 Å². The third-order valence-corrected chi connectivity index (χ3v) is 7.50. The number of fused-ring (bicyclic) bond motifs is 3. The Balaban J connectivity index is 1.42. The first-order valence-corrected chi connectivity index (χ1v) is 11.9. The summed E-state index contributed by atoms with van der Waals surface area (Å²) in [6.45, 7) is 2.79. The van der Waals surface area contributed by atoms with E-state index >= 15 is 0 Å². The number of imide groups is 1. The number of halogens is 1. The second-order valence-electron chi connectivity index (χ2n) is 9.10. The van der Waals surface area contributed by atoms with E-state index in [-0.39, 0.29) is 30.2 Å². The smallest absolute Gasteiger partial charge is 0.251 e. The summed E-state index contributed by atoms with van der Waals surface area (Å²) in [7, 11) is 0. The van der Waals surface area contributed by atoms with E-state index in [4.69, 9.17) is 11.6 Å². The summed E-state index contributed by atoms with van der Waals surface area (Å²) >= 11 is 6.02. The van der Waals surface area contributed by atoms with Gasteiger partial charge in [-0.3, -0.25) is 14.5 Å². The Hall–Kier alpha value is -3.41. The number of nitrogens with zero attached hydrogens (tertiary/aromatic N) is 2. The van der Waals surface area contributed by atoms with Crippen molar-refractivity contribution in [2.24, 2.45) is 0 Å². The predicted molar refractivity (Wildman–Crippen MR) is 134 cm³/mol. The van der Waals surface area contributed by atoms with E-state index in [1.54, 1.807) is 24.3 Å². The van der Waals surface area contributed by atoms with Gasteiger partial charge in [-0.05, 0) is 48.4 Å². The Morgan fingerprint density at radius 3 is 2.38 bits per heavy atom. The summed E-state index contributed by atoms with van der Waals surface area (Å²) < 4.78 is 0. The van der Waals surface area contributed by atoms with Crippen LogP contribution >= 0.6 is 11.6 Å². The number of H-pyrrole nitrogens is 1. The highest BCUT2D eigenvalue weighted by molar-refractivity contribution is 6.30. The first-order chi connectivity index (χ1) is 16.5. The molecule has 34 heavy (non-hydrogen) atoms. The SMILES string of the molecule is CC1c2[nH]c3ccccc3c2C(c2ccccc2)CN1C1CC(=O)N(c2ccc(Cl)cc2)C1=O. The van der Waals surface area contributed by atoms with Crippen LogP contribution in [0.2, 0.25) is 5.02 Å². The summed E-state index contributed by atoms with van der Waals surface area (Å²) in [5, 5.41) is 1.79. The largest absolute Gasteiger partial charge is 0.357 e. The van der Waals surface area contributed by atoms with E-state index in [1.807, 2.05) is 12.1 Å². The Morgan fingerprint density at radius 1 is 0.912 bits per heavy atom. The van der Waals surface area contributed by atoms with Crippen molar-refractivity contribution in [1.82, 2.24) is 9.88 Å². The summed E-state index contributed by atoms with van der Waals surface area (Å²) in [4.78, 5) is 33.7. The molecule has 170 valence electrons. The minimum absolute atomic E-state index is 0.0331. The maximum atomic E-state index is 13.6. The molecule has 1 fully saturated rings. The number of rotatable bonds is 3. The molecule has 0 bridgehead atoms. The number of aromatic nitrogens is 1. The fourth-order valence-electron chi connectivity index (χ4n) is 5.61. The van der Waals surface area contributed by atoms with Gasteiger partial charge in [-0.25, -0.2) is 4.90 Å². The van der Waals surface area contributed by atoms with Crippen molar-refractivity contribution in [3.05, 3.63) is 101 Å². The first kappa shape index (κ1) is 21.1. The number of carbonyl (C=O) groups excluding carboxylic acids is 2. The first-order valence-electron chi connectivity index (χ1n) is 11.6. The topological polar surface area (TPSA) is 56.4 Å². The third kappa shape index (κ3) is 3.27. The molecular weight excluding hydrogens is 446 g/mol. The van der Waals surface area contributed by atoms with Crippen LogP contribution in [0.4, 0.5) is 5.69 Å². The second-order valence-corrected chi connectivity index (χ2v) is 9.53. The van der Waals surface area contributed by atoms with Crippen molar-refractivity contribution < 1.29 is 9.59 Å². The van der Waals surface area contributed by atoms with Crippen molar-refractivity contribution in [3.63, 3.8) is 0 Å². The van der Waals surface area contributed by atoms with Gasteiger partial charge >= 0.3 is 0 Å². The Morgan fingerprint density at radius 2 is 1.62 bits per heavy atom. The number of hydrogen-bond acceptors (Lipinski definition) is 3. The van der Waals surface area contributed by atoms with Crippen molar-refractivity contribution in [1.29, 1.82) is 0 Å². The number of amides is 2. The predicted octanol–water partition coefficient (Wildman–Crippen LogP) is 5.66. The maximum Gasteiger partial charge on any atom is 0.251 e. The highest BCUT2D eigenvalue weighted by atomic mass is 35.5. The minimum atomic E-state index is -0.510. The molecule has 3 unspecified atom stereocenters. The Labute approximate surface area is 202 Å². The molecule has 3 heterocycles. The zero-order valence-corrected chi connectivity index (χ0v) is 19.5. The van der Waals surface area contributed by atoms with Crippen molar-refractivity contribution in [3.8, 4) is 0 Å².